The number of furan rings is 1. The molecule has 1 amide bonds. The maximum Gasteiger partial charge on any atom is 0.224 e. The number of hydrogen-bond acceptors (Lipinski definition) is 3. The number of anilines is 1. The maximum atomic E-state index is 11.3. The summed E-state index contributed by atoms with van der Waals surface area (Å²) in [6.45, 7) is 3.80. The predicted molar refractivity (Wildman–Crippen MR) is 53.0 cm³/mol. The van der Waals surface area contributed by atoms with Crippen LogP contribution in [0.2, 0.25) is 0 Å². The van der Waals surface area contributed by atoms with Gasteiger partial charge in [-0.2, -0.15) is 0 Å². The van der Waals surface area contributed by atoms with Crippen LogP contribution in [-0.4, -0.2) is 5.91 Å². The van der Waals surface area contributed by atoms with E-state index in [1.54, 1.807) is 0 Å². The number of nitrogens with one attached hydrogen (secondary N) is 1. The largest absolute Gasteiger partial charge is 0.462 e. The molecule has 1 unspecified atom stereocenters. The van der Waals surface area contributed by atoms with Gasteiger partial charge in [0.05, 0.1) is 11.7 Å². The molecule has 4 nitrogen and oxygen atoms in total. The number of amides is 1. The highest BCUT2D eigenvalue weighted by Crippen LogP contribution is 2.34. The predicted octanol–water partition coefficient (Wildman–Crippen LogP) is 1.63. The Morgan fingerprint density at radius 3 is 2.93 bits per heavy atom. The van der Waals surface area contributed by atoms with Gasteiger partial charge in [0, 0.05) is 12.0 Å². The fourth-order valence-electron chi connectivity index (χ4n) is 1.69. The van der Waals surface area contributed by atoms with Crippen molar-refractivity contribution in [3.05, 3.63) is 17.1 Å². The standard InChI is InChI=1S/C10H14N2O2/c1-5-6(2)14-10-7(11)3-4-8(13)12-9(5)10/h7H,3-4,11H2,1-2H3,(H,12,13). The first-order valence-electron chi connectivity index (χ1n) is 4.75. The number of carbonyl (C=O) groups is 1. The Morgan fingerprint density at radius 1 is 1.50 bits per heavy atom. The van der Waals surface area contributed by atoms with Crippen molar-refractivity contribution < 1.29 is 9.21 Å². The Labute approximate surface area is 82.5 Å². The van der Waals surface area contributed by atoms with Crippen LogP contribution in [0.5, 0.6) is 0 Å². The van der Waals surface area contributed by atoms with Gasteiger partial charge in [0.2, 0.25) is 5.91 Å². The monoisotopic (exact) mass is 194 g/mol. The molecule has 0 saturated carbocycles. The molecule has 0 radical (unpaired) electrons. The molecule has 0 aromatic carbocycles. The molecule has 2 rings (SSSR count). The number of hydrogen-bond donors (Lipinski definition) is 2. The molecule has 76 valence electrons. The molecule has 0 bridgehead atoms. The fraction of sp³-hybridized carbons (Fsp3) is 0.500. The van der Waals surface area contributed by atoms with E-state index in [4.69, 9.17) is 10.2 Å². The molecule has 0 fully saturated rings. The van der Waals surface area contributed by atoms with Gasteiger partial charge in [-0.1, -0.05) is 0 Å². The van der Waals surface area contributed by atoms with Crippen molar-refractivity contribution in [2.24, 2.45) is 5.73 Å². The van der Waals surface area contributed by atoms with Crippen molar-refractivity contribution in [2.45, 2.75) is 32.7 Å². The van der Waals surface area contributed by atoms with E-state index in [2.05, 4.69) is 5.32 Å². The summed E-state index contributed by atoms with van der Waals surface area (Å²) in [5, 5.41) is 2.83. The third-order valence-electron chi connectivity index (χ3n) is 2.70. The summed E-state index contributed by atoms with van der Waals surface area (Å²) in [6.07, 6.45) is 1.11. The second kappa shape index (κ2) is 3.13. The SMILES string of the molecule is Cc1oc2c(c1C)NC(=O)CCC2N. The second-order valence-electron chi connectivity index (χ2n) is 3.72. The molecule has 0 aliphatic carbocycles. The highest BCUT2D eigenvalue weighted by atomic mass is 16.3. The van der Waals surface area contributed by atoms with E-state index in [-0.39, 0.29) is 11.9 Å². The molecule has 3 N–H and O–H groups in total. The molecule has 4 heteroatoms. The zero-order valence-corrected chi connectivity index (χ0v) is 8.39. The lowest BCUT2D eigenvalue weighted by atomic mass is 10.1. The number of carbonyl (C=O) groups excluding carboxylic acids is 1. The highest BCUT2D eigenvalue weighted by molar-refractivity contribution is 5.93. The van der Waals surface area contributed by atoms with Crippen molar-refractivity contribution in [3.8, 4) is 0 Å². The van der Waals surface area contributed by atoms with Gasteiger partial charge >= 0.3 is 0 Å². The summed E-state index contributed by atoms with van der Waals surface area (Å²) in [7, 11) is 0. The molecule has 1 aromatic rings. The van der Waals surface area contributed by atoms with Gasteiger partial charge in [0.25, 0.3) is 0 Å². The minimum atomic E-state index is -0.170. The smallest absolute Gasteiger partial charge is 0.224 e. The lowest BCUT2D eigenvalue weighted by Crippen LogP contribution is -2.10. The summed E-state index contributed by atoms with van der Waals surface area (Å²) in [5.41, 5.74) is 7.66. The number of fused-ring (bicyclic) bond motifs is 1. The van der Waals surface area contributed by atoms with E-state index in [1.165, 1.54) is 0 Å². The summed E-state index contributed by atoms with van der Waals surface area (Å²) in [5.74, 6) is 1.56. The number of aryl methyl sites for hydroxylation is 1. The van der Waals surface area contributed by atoms with Crippen molar-refractivity contribution in [1.29, 1.82) is 0 Å². The fourth-order valence-corrected chi connectivity index (χ4v) is 1.69. The van der Waals surface area contributed by atoms with E-state index in [1.807, 2.05) is 13.8 Å². The summed E-state index contributed by atoms with van der Waals surface area (Å²) in [4.78, 5) is 11.3. The Morgan fingerprint density at radius 2 is 2.21 bits per heavy atom. The molecule has 1 aliphatic rings. The summed E-state index contributed by atoms with van der Waals surface area (Å²) in [6, 6.07) is -0.170. The Bertz CT molecular complexity index is 382. The van der Waals surface area contributed by atoms with Crippen LogP contribution in [0.3, 0.4) is 0 Å². The van der Waals surface area contributed by atoms with Crippen molar-refractivity contribution >= 4 is 11.6 Å². The zero-order valence-electron chi connectivity index (χ0n) is 8.39. The molecule has 1 aliphatic heterocycles. The molecule has 1 atom stereocenters. The van der Waals surface area contributed by atoms with Crippen molar-refractivity contribution in [3.63, 3.8) is 0 Å². The van der Waals surface area contributed by atoms with Crippen LogP contribution >= 0.6 is 0 Å². The van der Waals surface area contributed by atoms with Crippen LogP contribution in [-0.2, 0) is 4.79 Å². The Kier molecular flexibility index (Phi) is 2.07. The third kappa shape index (κ3) is 1.32. The minimum absolute atomic E-state index is 0.0168. The minimum Gasteiger partial charge on any atom is -0.462 e. The van der Waals surface area contributed by atoms with Gasteiger partial charge in [0.15, 0.2) is 0 Å². The van der Waals surface area contributed by atoms with Crippen LogP contribution in [0, 0.1) is 13.8 Å². The average Bonchev–Trinajstić information content (AvgIpc) is 2.33. The van der Waals surface area contributed by atoms with Gasteiger partial charge in [0.1, 0.15) is 11.5 Å². The van der Waals surface area contributed by atoms with E-state index < -0.39 is 0 Å². The van der Waals surface area contributed by atoms with E-state index >= 15 is 0 Å². The summed E-state index contributed by atoms with van der Waals surface area (Å²) < 4.78 is 5.54. The molecular weight excluding hydrogens is 180 g/mol. The second-order valence-corrected chi connectivity index (χ2v) is 3.72. The Hall–Kier alpha value is -1.29. The average molecular weight is 194 g/mol. The van der Waals surface area contributed by atoms with Crippen molar-refractivity contribution in [2.75, 3.05) is 5.32 Å². The third-order valence-corrected chi connectivity index (χ3v) is 2.70. The molecule has 14 heavy (non-hydrogen) atoms. The zero-order chi connectivity index (χ0) is 10.3. The first-order chi connectivity index (χ1) is 6.59. The lowest BCUT2D eigenvalue weighted by molar-refractivity contribution is -0.116. The van der Waals surface area contributed by atoms with Crippen LogP contribution in [0.1, 0.15) is 36.0 Å². The number of rotatable bonds is 0. The quantitative estimate of drug-likeness (QED) is 0.659. The van der Waals surface area contributed by atoms with E-state index in [0.29, 0.717) is 18.6 Å². The lowest BCUT2D eigenvalue weighted by Gasteiger charge is -2.04. The van der Waals surface area contributed by atoms with Gasteiger partial charge in [-0.3, -0.25) is 4.79 Å². The van der Waals surface area contributed by atoms with Crippen LogP contribution in [0.15, 0.2) is 4.42 Å². The Balaban J connectivity index is 2.51. The van der Waals surface area contributed by atoms with Crippen LogP contribution in [0.25, 0.3) is 0 Å². The maximum absolute atomic E-state index is 11.3. The van der Waals surface area contributed by atoms with E-state index in [9.17, 15) is 4.79 Å². The van der Waals surface area contributed by atoms with Crippen LogP contribution < -0.4 is 11.1 Å². The topological polar surface area (TPSA) is 68.3 Å². The van der Waals surface area contributed by atoms with Gasteiger partial charge in [-0.25, -0.2) is 0 Å². The molecule has 0 spiro atoms. The summed E-state index contributed by atoms with van der Waals surface area (Å²) >= 11 is 0. The van der Waals surface area contributed by atoms with Crippen LogP contribution in [0.4, 0.5) is 5.69 Å². The normalized spacial score (nSPS) is 21.4. The molecule has 0 saturated heterocycles. The number of nitrogens with two attached hydrogens (primary N) is 1. The highest BCUT2D eigenvalue weighted by Gasteiger charge is 2.25. The first-order valence-corrected chi connectivity index (χ1v) is 4.75. The molecule has 1 aromatic heterocycles. The molecule has 2 heterocycles. The van der Waals surface area contributed by atoms with Gasteiger partial charge < -0.3 is 15.5 Å². The first kappa shape index (κ1) is 9.27. The molecular formula is C10H14N2O2. The van der Waals surface area contributed by atoms with E-state index in [0.717, 1.165) is 17.0 Å². The van der Waals surface area contributed by atoms with Gasteiger partial charge in [-0.05, 0) is 20.3 Å². The van der Waals surface area contributed by atoms with Crippen molar-refractivity contribution in [1.82, 2.24) is 0 Å². The van der Waals surface area contributed by atoms with Gasteiger partial charge in [-0.15, -0.1) is 0 Å².